The molecule has 0 fully saturated rings. The molecule has 0 saturated carbocycles. The monoisotopic (exact) mass is 224 g/mol. The molecule has 2 N–H and O–H groups in total. The van der Waals surface area contributed by atoms with Crippen LogP contribution in [0.1, 0.15) is 37.0 Å². The summed E-state index contributed by atoms with van der Waals surface area (Å²) in [4.78, 5) is 0. The van der Waals surface area contributed by atoms with Crippen LogP contribution in [-0.4, -0.2) is 23.9 Å². The molecule has 1 atom stereocenters. The number of methoxy groups -OCH3 is 1. The lowest BCUT2D eigenvalue weighted by Crippen LogP contribution is -2.00. The Morgan fingerprint density at radius 1 is 1.31 bits per heavy atom. The van der Waals surface area contributed by atoms with Gasteiger partial charge in [-0.25, -0.2) is 0 Å². The van der Waals surface area contributed by atoms with Crippen LogP contribution < -0.4 is 4.74 Å². The number of benzene rings is 1. The van der Waals surface area contributed by atoms with Gasteiger partial charge in [-0.15, -0.1) is 0 Å². The molecule has 1 rings (SSSR count). The van der Waals surface area contributed by atoms with E-state index in [-0.39, 0.29) is 6.61 Å². The van der Waals surface area contributed by atoms with E-state index in [1.54, 1.807) is 14.0 Å². The first kappa shape index (κ1) is 13.0. The molecule has 0 aliphatic heterocycles. The van der Waals surface area contributed by atoms with E-state index in [1.165, 1.54) is 0 Å². The molecule has 0 aliphatic rings. The lowest BCUT2D eigenvalue weighted by Gasteiger charge is -2.13. The summed E-state index contributed by atoms with van der Waals surface area (Å²) in [5, 5.41) is 18.4. The normalized spacial score (nSPS) is 12.5. The van der Waals surface area contributed by atoms with Crippen LogP contribution in [0, 0.1) is 0 Å². The van der Waals surface area contributed by atoms with Crippen LogP contribution in [0.3, 0.4) is 0 Å². The highest BCUT2D eigenvalue weighted by molar-refractivity contribution is 5.37. The van der Waals surface area contributed by atoms with Crippen LogP contribution >= 0.6 is 0 Å². The third kappa shape index (κ3) is 3.51. The molecule has 1 aromatic rings. The third-order valence-electron chi connectivity index (χ3n) is 2.66. The van der Waals surface area contributed by atoms with Crippen molar-refractivity contribution in [1.29, 1.82) is 0 Å². The molecule has 3 heteroatoms. The summed E-state index contributed by atoms with van der Waals surface area (Å²) in [6, 6.07) is 5.76. The summed E-state index contributed by atoms with van der Waals surface area (Å²) >= 11 is 0. The lowest BCUT2D eigenvalue weighted by molar-refractivity contribution is 0.197. The number of unbranched alkanes of at least 4 members (excludes halogenated alkanes) is 1. The Bertz CT molecular complexity index is 321. The van der Waals surface area contributed by atoms with Gasteiger partial charge in [-0.3, -0.25) is 0 Å². The minimum Gasteiger partial charge on any atom is -0.497 e. The van der Waals surface area contributed by atoms with Gasteiger partial charge in [0.15, 0.2) is 0 Å². The number of hydrogen-bond acceptors (Lipinski definition) is 3. The molecule has 3 nitrogen and oxygen atoms in total. The van der Waals surface area contributed by atoms with E-state index in [9.17, 15) is 5.11 Å². The lowest BCUT2D eigenvalue weighted by atomic mass is 9.98. The third-order valence-corrected chi connectivity index (χ3v) is 2.66. The van der Waals surface area contributed by atoms with Gasteiger partial charge in [0.1, 0.15) is 5.75 Å². The van der Waals surface area contributed by atoms with E-state index in [2.05, 4.69) is 0 Å². The minimum absolute atomic E-state index is 0.222. The maximum Gasteiger partial charge on any atom is 0.119 e. The Hall–Kier alpha value is -1.06. The number of ether oxygens (including phenoxy) is 1. The number of aryl methyl sites for hydroxylation is 1. The number of aliphatic hydroxyl groups excluding tert-OH is 2. The van der Waals surface area contributed by atoms with Crippen molar-refractivity contribution in [3.05, 3.63) is 29.3 Å². The second kappa shape index (κ2) is 6.51. The fourth-order valence-electron chi connectivity index (χ4n) is 1.74. The molecule has 0 aliphatic carbocycles. The summed E-state index contributed by atoms with van der Waals surface area (Å²) in [6.45, 7) is 1.98. The first-order valence-corrected chi connectivity index (χ1v) is 5.64. The summed E-state index contributed by atoms with van der Waals surface area (Å²) in [5.41, 5.74) is 2.04. The predicted octanol–water partition coefficient (Wildman–Crippen LogP) is 2.06. The van der Waals surface area contributed by atoms with Crippen molar-refractivity contribution < 1.29 is 14.9 Å². The molecular formula is C13H20O3. The number of rotatable bonds is 6. The van der Waals surface area contributed by atoms with Crippen LogP contribution in [0.15, 0.2) is 18.2 Å². The molecule has 16 heavy (non-hydrogen) atoms. The average Bonchev–Trinajstić information content (AvgIpc) is 2.29. The standard InChI is InChI=1S/C13H20O3/c1-10(15)13-9-12(16-2)7-6-11(13)5-3-4-8-14/h6-7,9-10,14-15H,3-5,8H2,1-2H3/t10-/m0/s1. The van der Waals surface area contributed by atoms with E-state index in [0.717, 1.165) is 36.1 Å². The maximum atomic E-state index is 9.68. The van der Waals surface area contributed by atoms with Crippen molar-refractivity contribution in [3.63, 3.8) is 0 Å². The van der Waals surface area contributed by atoms with Crippen molar-refractivity contribution in [3.8, 4) is 5.75 Å². The van der Waals surface area contributed by atoms with Gasteiger partial charge in [-0.05, 0) is 49.4 Å². The first-order valence-electron chi connectivity index (χ1n) is 5.64. The summed E-state index contributed by atoms with van der Waals surface area (Å²) < 4.78 is 5.13. The van der Waals surface area contributed by atoms with Gasteiger partial charge in [0.2, 0.25) is 0 Å². The number of aliphatic hydroxyl groups is 2. The van der Waals surface area contributed by atoms with E-state index < -0.39 is 6.10 Å². The van der Waals surface area contributed by atoms with Gasteiger partial charge in [-0.2, -0.15) is 0 Å². The summed E-state index contributed by atoms with van der Waals surface area (Å²) in [7, 11) is 1.62. The molecule has 0 amide bonds. The zero-order chi connectivity index (χ0) is 12.0. The molecule has 0 spiro atoms. The van der Waals surface area contributed by atoms with Crippen LogP contribution in [0.25, 0.3) is 0 Å². The summed E-state index contributed by atoms with van der Waals surface area (Å²) in [5.74, 6) is 0.766. The molecule has 0 bridgehead atoms. The van der Waals surface area contributed by atoms with E-state index in [4.69, 9.17) is 9.84 Å². The van der Waals surface area contributed by atoms with Crippen molar-refractivity contribution in [2.45, 2.75) is 32.3 Å². The van der Waals surface area contributed by atoms with Crippen LogP contribution in [0.2, 0.25) is 0 Å². The Labute approximate surface area is 96.7 Å². The highest BCUT2D eigenvalue weighted by Gasteiger charge is 2.09. The second-order valence-electron chi connectivity index (χ2n) is 3.92. The van der Waals surface area contributed by atoms with Gasteiger partial charge >= 0.3 is 0 Å². The quantitative estimate of drug-likeness (QED) is 0.727. The number of hydrogen-bond donors (Lipinski definition) is 2. The van der Waals surface area contributed by atoms with Gasteiger partial charge < -0.3 is 14.9 Å². The Morgan fingerprint density at radius 3 is 2.62 bits per heavy atom. The first-order chi connectivity index (χ1) is 7.69. The second-order valence-corrected chi connectivity index (χ2v) is 3.92. The van der Waals surface area contributed by atoms with Crippen LogP contribution in [0.4, 0.5) is 0 Å². The molecule has 0 aromatic heterocycles. The summed E-state index contributed by atoms with van der Waals surface area (Å²) in [6.07, 6.45) is 2.12. The van der Waals surface area contributed by atoms with E-state index >= 15 is 0 Å². The van der Waals surface area contributed by atoms with Crippen LogP contribution in [-0.2, 0) is 6.42 Å². The maximum absolute atomic E-state index is 9.68. The zero-order valence-corrected chi connectivity index (χ0v) is 9.94. The van der Waals surface area contributed by atoms with E-state index in [1.807, 2.05) is 18.2 Å². The van der Waals surface area contributed by atoms with Crippen molar-refractivity contribution in [2.24, 2.45) is 0 Å². The minimum atomic E-state index is -0.487. The van der Waals surface area contributed by atoms with Gasteiger partial charge in [-0.1, -0.05) is 6.07 Å². The smallest absolute Gasteiger partial charge is 0.119 e. The van der Waals surface area contributed by atoms with Crippen molar-refractivity contribution in [1.82, 2.24) is 0 Å². The molecule has 1 aromatic carbocycles. The van der Waals surface area contributed by atoms with Gasteiger partial charge in [0.05, 0.1) is 13.2 Å². The molecule has 0 unspecified atom stereocenters. The largest absolute Gasteiger partial charge is 0.497 e. The predicted molar refractivity (Wildman–Crippen MR) is 63.7 cm³/mol. The zero-order valence-electron chi connectivity index (χ0n) is 9.94. The Kier molecular flexibility index (Phi) is 5.29. The van der Waals surface area contributed by atoms with E-state index in [0.29, 0.717) is 0 Å². The van der Waals surface area contributed by atoms with Crippen molar-refractivity contribution >= 4 is 0 Å². The molecule has 0 heterocycles. The fourth-order valence-corrected chi connectivity index (χ4v) is 1.74. The van der Waals surface area contributed by atoms with Crippen LogP contribution in [0.5, 0.6) is 5.75 Å². The fraction of sp³-hybridized carbons (Fsp3) is 0.538. The molecule has 0 saturated heterocycles. The topological polar surface area (TPSA) is 49.7 Å². The molecular weight excluding hydrogens is 204 g/mol. The van der Waals surface area contributed by atoms with Gasteiger partial charge in [0.25, 0.3) is 0 Å². The highest BCUT2D eigenvalue weighted by atomic mass is 16.5. The molecule has 0 radical (unpaired) electrons. The van der Waals surface area contributed by atoms with Crippen molar-refractivity contribution in [2.75, 3.05) is 13.7 Å². The Balaban J connectivity index is 2.81. The Morgan fingerprint density at radius 2 is 2.06 bits per heavy atom. The van der Waals surface area contributed by atoms with Gasteiger partial charge in [0, 0.05) is 6.61 Å². The average molecular weight is 224 g/mol. The highest BCUT2D eigenvalue weighted by Crippen LogP contribution is 2.24. The SMILES string of the molecule is COc1ccc(CCCCO)c([C@H](C)O)c1. The molecule has 90 valence electrons.